The van der Waals surface area contributed by atoms with E-state index in [0.717, 1.165) is 11.6 Å². The maximum Gasteiger partial charge on any atom is 0.270 e. The van der Waals surface area contributed by atoms with Crippen LogP contribution in [-0.4, -0.2) is 10.8 Å². The van der Waals surface area contributed by atoms with Gasteiger partial charge in [-0.2, -0.15) is 0 Å². The highest BCUT2D eigenvalue weighted by atomic mass is 35.5. The Balaban J connectivity index is 2.15. The number of amides is 1. The van der Waals surface area contributed by atoms with E-state index in [4.69, 9.17) is 23.2 Å². The van der Waals surface area contributed by atoms with Gasteiger partial charge in [-0.1, -0.05) is 41.4 Å². The molecule has 1 N–H and O–H groups in total. The van der Waals surface area contributed by atoms with Crippen LogP contribution in [0.2, 0.25) is 10.0 Å². The van der Waals surface area contributed by atoms with Crippen LogP contribution in [0.4, 0.5) is 5.69 Å². The highest BCUT2D eigenvalue weighted by molar-refractivity contribution is 6.34. The number of rotatable bonds is 4. The number of halogens is 2. The van der Waals surface area contributed by atoms with Crippen molar-refractivity contribution < 1.29 is 9.72 Å². The number of nitro groups is 1. The van der Waals surface area contributed by atoms with Crippen LogP contribution >= 0.6 is 23.2 Å². The molecule has 1 amide bonds. The van der Waals surface area contributed by atoms with E-state index in [1.54, 1.807) is 24.3 Å². The van der Waals surface area contributed by atoms with E-state index in [0.29, 0.717) is 5.02 Å². The molecule has 0 spiro atoms. The number of nitrogens with one attached hydrogen (secondary N) is 1. The minimum atomic E-state index is -0.582. The highest BCUT2D eigenvalue weighted by Crippen LogP contribution is 2.22. The average Bonchev–Trinajstić information content (AvgIpc) is 2.46. The van der Waals surface area contributed by atoms with Gasteiger partial charge in [0.05, 0.1) is 15.5 Å². The second kappa shape index (κ2) is 6.56. The van der Waals surface area contributed by atoms with Gasteiger partial charge in [-0.25, -0.2) is 0 Å². The molecule has 0 aromatic heterocycles. The summed E-state index contributed by atoms with van der Waals surface area (Å²) >= 11 is 11.9. The Labute approximate surface area is 130 Å². The van der Waals surface area contributed by atoms with Gasteiger partial charge >= 0.3 is 0 Å². The summed E-state index contributed by atoms with van der Waals surface area (Å²) in [6.45, 7) is 0.206. The maximum atomic E-state index is 12.1. The van der Waals surface area contributed by atoms with Crippen molar-refractivity contribution in [1.29, 1.82) is 0 Å². The summed E-state index contributed by atoms with van der Waals surface area (Å²) in [6, 6.07) is 10.8. The fraction of sp³-hybridized carbons (Fsp3) is 0.0714. The molecule has 2 aromatic rings. The molecule has 0 radical (unpaired) electrons. The van der Waals surface area contributed by atoms with Crippen molar-refractivity contribution >= 4 is 34.8 Å². The smallest absolute Gasteiger partial charge is 0.270 e. The Morgan fingerprint density at radius 2 is 1.86 bits per heavy atom. The normalized spacial score (nSPS) is 10.2. The molecule has 0 atom stereocenters. The summed E-state index contributed by atoms with van der Waals surface area (Å²) < 4.78 is 0. The predicted octanol–water partition coefficient (Wildman–Crippen LogP) is 3.83. The quantitative estimate of drug-likeness (QED) is 0.686. The monoisotopic (exact) mass is 324 g/mol. The molecule has 2 rings (SSSR count). The Bertz CT molecular complexity index is 704. The molecule has 0 saturated carbocycles. The number of carbonyl (C=O) groups excluding carboxylic acids is 1. The molecule has 0 aliphatic rings. The molecule has 0 unspecified atom stereocenters. The zero-order valence-electron chi connectivity index (χ0n) is 10.7. The summed E-state index contributed by atoms with van der Waals surface area (Å²) in [4.78, 5) is 22.2. The van der Waals surface area contributed by atoms with E-state index in [1.807, 2.05) is 0 Å². The third kappa shape index (κ3) is 3.71. The Morgan fingerprint density at radius 3 is 2.52 bits per heavy atom. The lowest BCUT2D eigenvalue weighted by Gasteiger charge is -2.08. The van der Waals surface area contributed by atoms with Crippen LogP contribution in [0.15, 0.2) is 42.5 Å². The van der Waals surface area contributed by atoms with Crippen molar-refractivity contribution in [3.05, 3.63) is 73.8 Å². The molecular weight excluding hydrogens is 315 g/mol. The lowest BCUT2D eigenvalue weighted by atomic mass is 10.1. The number of carbonyl (C=O) groups is 1. The molecule has 0 bridgehead atoms. The van der Waals surface area contributed by atoms with E-state index in [1.165, 1.54) is 12.1 Å². The summed E-state index contributed by atoms with van der Waals surface area (Å²) in [5.41, 5.74) is 0.606. The minimum Gasteiger partial charge on any atom is -0.348 e. The van der Waals surface area contributed by atoms with E-state index in [9.17, 15) is 14.9 Å². The molecule has 0 aliphatic carbocycles. The molecule has 108 valence electrons. The van der Waals surface area contributed by atoms with Crippen LogP contribution in [0.5, 0.6) is 0 Å². The van der Waals surface area contributed by atoms with Crippen molar-refractivity contribution in [2.75, 3.05) is 0 Å². The zero-order chi connectivity index (χ0) is 15.4. The Morgan fingerprint density at radius 1 is 1.14 bits per heavy atom. The summed E-state index contributed by atoms with van der Waals surface area (Å²) in [5, 5.41) is 14.0. The van der Waals surface area contributed by atoms with Crippen molar-refractivity contribution in [2.24, 2.45) is 0 Å². The number of nitrogens with zero attached hydrogens (tertiary/aromatic N) is 1. The second-order valence-electron chi connectivity index (χ2n) is 4.20. The van der Waals surface area contributed by atoms with E-state index in [-0.39, 0.29) is 22.8 Å². The number of nitro benzene ring substituents is 1. The number of hydrogen-bond donors (Lipinski definition) is 1. The molecule has 0 heterocycles. The van der Waals surface area contributed by atoms with Gasteiger partial charge in [-0.05, 0) is 17.7 Å². The Hall–Kier alpha value is -2.11. The first-order chi connectivity index (χ1) is 9.99. The molecule has 0 saturated heterocycles. The van der Waals surface area contributed by atoms with Gasteiger partial charge < -0.3 is 5.32 Å². The van der Waals surface area contributed by atoms with Crippen molar-refractivity contribution in [2.45, 2.75) is 6.54 Å². The zero-order valence-corrected chi connectivity index (χ0v) is 12.2. The van der Waals surface area contributed by atoms with Gasteiger partial charge in [0.2, 0.25) is 0 Å². The van der Waals surface area contributed by atoms with Gasteiger partial charge in [0.25, 0.3) is 11.6 Å². The van der Waals surface area contributed by atoms with Crippen LogP contribution in [0, 0.1) is 10.1 Å². The van der Waals surface area contributed by atoms with Crippen LogP contribution in [0.1, 0.15) is 15.9 Å². The van der Waals surface area contributed by atoms with E-state index in [2.05, 4.69) is 5.32 Å². The van der Waals surface area contributed by atoms with E-state index >= 15 is 0 Å². The molecular formula is C14H10Cl2N2O3. The minimum absolute atomic E-state index is 0.0536. The van der Waals surface area contributed by atoms with Gasteiger partial charge in [0.15, 0.2) is 0 Å². The molecule has 7 heteroatoms. The topological polar surface area (TPSA) is 72.2 Å². The predicted molar refractivity (Wildman–Crippen MR) is 80.7 cm³/mol. The number of non-ortho nitro benzene ring substituents is 1. The highest BCUT2D eigenvalue weighted by Gasteiger charge is 2.15. The molecule has 0 fully saturated rings. The van der Waals surface area contributed by atoms with Crippen LogP contribution in [-0.2, 0) is 6.54 Å². The largest absolute Gasteiger partial charge is 0.348 e. The fourth-order valence-corrected chi connectivity index (χ4v) is 2.12. The summed E-state index contributed by atoms with van der Waals surface area (Å²) in [6.07, 6.45) is 0. The first-order valence-corrected chi connectivity index (χ1v) is 6.70. The molecule has 0 aliphatic heterocycles. The maximum absolute atomic E-state index is 12.1. The van der Waals surface area contributed by atoms with E-state index < -0.39 is 10.8 Å². The van der Waals surface area contributed by atoms with Crippen molar-refractivity contribution in [3.8, 4) is 0 Å². The SMILES string of the molecule is O=C(NCc1ccccc1Cl)c1cc([N+](=O)[O-])ccc1Cl. The number of hydrogen-bond acceptors (Lipinski definition) is 3. The third-order valence-electron chi connectivity index (χ3n) is 2.80. The van der Waals surface area contributed by atoms with Crippen LogP contribution in [0.25, 0.3) is 0 Å². The fourth-order valence-electron chi connectivity index (χ4n) is 1.71. The van der Waals surface area contributed by atoms with Crippen molar-refractivity contribution in [1.82, 2.24) is 5.32 Å². The average molecular weight is 325 g/mol. The molecule has 5 nitrogen and oxygen atoms in total. The summed E-state index contributed by atoms with van der Waals surface area (Å²) in [7, 11) is 0. The van der Waals surface area contributed by atoms with Crippen LogP contribution < -0.4 is 5.32 Å². The first-order valence-electron chi connectivity index (χ1n) is 5.94. The van der Waals surface area contributed by atoms with Crippen molar-refractivity contribution in [3.63, 3.8) is 0 Å². The van der Waals surface area contributed by atoms with Gasteiger partial charge in [0, 0.05) is 23.7 Å². The van der Waals surface area contributed by atoms with Gasteiger partial charge in [-0.3, -0.25) is 14.9 Å². The molecule has 2 aromatic carbocycles. The van der Waals surface area contributed by atoms with Gasteiger partial charge in [0.1, 0.15) is 0 Å². The first kappa shape index (κ1) is 15.3. The van der Waals surface area contributed by atoms with Crippen LogP contribution in [0.3, 0.4) is 0 Å². The number of benzene rings is 2. The Kier molecular flexibility index (Phi) is 4.77. The van der Waals surface area contributed by atoms with Gasteiger partial charge in [-0.15, -0.1) is 0 Å². The third-order valence-corrected chi connectivity index (χ3v) is 3.50. The lowest BCUT2D eigenvalue weighted by Crippen LogP contribution is -2.23. The lowest BCUT2D eigenvalue weighted by molar-refractivity contribution is -0.384. The second-order valence-corrected chi connectivity index (χ2v) is 5.01. The standard InChI is InChI=1S/C14H10Cl2N2O3/c15-12-4-2-1-3-9(12)8-17-14(19)11-7-10(18(20)21)5-6-13(11)16/h1-7H,8H2,(H,17,19). The molecule has 21 heavy (non-hydrogen) atoms. The summed E-state index contributed by atoms with van der Waals surface area (Å²) in [5.74, 6) is -0.497.